The van der Waals surface area contributed by atoms with Crippen molar-refractivity contribution in [1.29, 1.82) is 0 Å². The molecule has 0 aliphatic carbocycles. The second kappa shape index (κ2) is 10.1. The van der Waals surface area contributed by atoms with Crippen molar-refractivity contribution in [3.8, 4) is 0 Å². The molecule has 0 N–H and O–H groups in total. The third-order valence-electron chi connectivity index (χ3n) is 6.66. The lowest BCUT2D eigenvalue weighted by Crippen LogP contribution is -2.43. The van der Waals surface area contributed by atoms with Crippen molar-refractivity contribution in [2.24, 2.45) is 0 Å². The van der Waals surface area contributed by atoms with Gasteiger partial charge in [0.2, 0.25) is 0 Å². The molecule has 35 heavy (non-hydrogen) atoms. The van der Waals surface area contributed by atoms with E-state index in [2.05, 4.69) is 79.4 Å². The number of amides is 1. The summed E-state index contributed by atoms with van der Waals surface area (Å²) < 4.78 is 0. The highest BCUT2D eigenvalue weighted by Crippen LogP contribution is 2.62. The standard InChI is InChI=1S/C30H27NO2PS/c1-2-12-27(32)26-20-22-35-30(26)31-21-19-28(29(31)33)34(23-13-6-3-7-14-23,24-15-8-4-9-16-24)25-17-10-5-11-18-25/h2-11,13-18,20,22,28H,1,12,19,21H2/q+1/t28-/m1/s1. The van der Waals surface area contributed by atoms with Gasteiger partial charge in [-0.25, -0.2) is 0 Å². The number of anilines is 1. The minimum absolute atomic E-state index is 0.00253. The molecule has 1 amide bonds. The number of hydrogen-bond donors (Lipinski definition) is 0. The molecule has 1 aliphatic heterocycles. The molecule has 1 atom stereocenters. The van der Waals surface area contributed by atoms with E-state index in [0.717, 1.165) is 11.4 Å². The van der Waals surface area contributed by atoms with E-state index in [9.17, 15) is 9.59 Å². The van der Waals surface area contributed by atoms with E-state index in [1.165, 1.54) is 27.3 Å². The average Bonchev–Trinajstić information content (AvgIpc) is 3.54. The molecule has 5 rings (SSSR count). The number of nitrogens with zero attached hydrogens (tertiary/aromatic N) is 1. The number of ketones is 1. The Bertz CT molecular complexity index is 1240. The number of allylic oxidation sites excluding steroid dienone is 1. The molecule has 4 aromatic rings. The van der Waals surface area contributed by atoms with Crippen LogP contribution < -0.4 is 20.8 Å². The second-order valence-corrected chi connectivity index (χ2v) is 13.1. The van der Waals surface area contributed by atoms with Crippen molar-refractivity contribution in [3.05, 3.63) is 121 Å². The smallest absolute Gasteiger partial charge is 0.269 e. The Hall–Kier alpha value is -3.33. The number of thiophene rings is 1. The Morgan fingerprint density at radius 2 is 1.40 bits per heavy atom. The summed E-state index contributed by atoms with van der Waals surface area (Å²) >= 11 is 1.47. The van der Waals surface area contributed by atoms with E-state index in [1.807, 2.05) is 34.5 Å². The fourth-order valence-corrected chi connectivity index (χ4v) is 11.0. The molecular weight excluding hydrogens is 469 g/mol. The third kappa shape index (κ3) is 4.07. The Labute approximate surface area is 211 Å². The Morgan fingerprint density at radius 1 is 0.886 bits per heavy atom. The summed E-state index contributed by atoms with van der Waals surface area (Å²) in [5.41, 5.74) is 0.408. The summed E-state index contributed by atoms with van der Waals surface area (Å²) in [6.45, 7) is 4.31. The number of benzene rings is 3. The van der Waals surface area contributed by atoms with Crippen molar-refractivity contribution >= 4 is 51.2 Å². The maximum absolute atomic E-state index is 14.3. The summed E-state index contributed by atoms with van der Waals surface area (Å²) in [6, 6.07) is 33.4. The van der Waals surface area contributed by atoms with Gasteiger partial charge in [-0.2, -0.15) is 0 Å². The monoisotopic (exact) mass is 496 g/mol. The first-order valence-corrected chi connectivity index (χ1v) is 14.5. The molecule has 0 bridgehead atoms. The topological polar surface area (TPSA) is 37.4 Å². The lowest BCUT2D eigenvalue weighted by atomic mass is 10.1. The summed E-state index contributed by atoms with van der Waals surface area (Å²) in [6.07, 6.45) is 2.62. The largest absolute Gasteiger partial charge is 0.300 e. The van der Waals surface area contributed by atoms with Crippen LogP contribution in [-0.2, 0) is 4.79 Å². The summed E-state index contributed by atoms with van der Waals surface area (Å²) in [4.78, 5) is 28.9. The van der Waals surface area contributed by atoms with Crippen LogP contribution in [0, 0.1) is 0 Å². The fraction of sp³-hybridized carbons (Fsp3) is 0.133. The van der Waals surface area contributed by atoms with Crippen LogP contribution >= 0.6 is 18.6 Å². The van der Waals surface area contributed by atoms with E-state index >= 15 is 0 Å². The number of carbonyl (C=O) groups excluding carboxylic acids is 2. The van der Waals surface area contributed by atoms with E-state index in [0.29, 0.717) is 12.1 Å². The number of carbonyl (C=O) groups is 2. The molecule has 0 radical (unpaired) electrons. The Kier molecular flexibility index (Phi) is 6.77. The van der Waals surface area contributed by atoms with E-state index < -0.39 is 7.26 Å². The van der Waals surface area contributed by atoms with Crippen LogP contribution in [0.25, 0.3) is 0 Å². The summed E-state index contributed by atoms with van der Waals surface area (Å²) in [5, 5.41) is 6.27. The molecule has 1 saturated heterocycles. The van der Waals surface area contributed by atoms with Gasteiger partial charge in [0.05, 0.1) is 5.56 Å². The molecule has 0 unspecified atom stereocenters. The lowest BCUT2D eigenvalue weighted by Gasteiger charge is -2.31. The van der Waals surface area contributed by atoms with Crippen LogP contribution in [0.2, 0.25) is 0 Å². The van der Waals surface area contributed by atoms with Crippen molar-refractivity contribution in [3.63, 3.8) is 0 Å². The molecule has 0 spiro atoms. The van der Waals surface area contributed by atoms with Crippen LogP contribution in [0.3, 0.4) is 0 Å². The highest BCUT2D eigenvalue weighted by atomic mass is 32.1. The van der Waals surface area contributed by atoms with Crippen LogP contribution in [0.4, 0.5) is 5.00 Å². The van der Waals surface area contributed by atoms with Gasteiger partial charge in [-0.05, 0) is 47.8 Å². The number of Topliss-reactive ketones (excluding diaryl/α,β-unsaturated/α-hetero) is 1. The zero-order valence-electron chi connectivity index (χ0n) is 19.4. The highest BCUT2D eigenvalue weighted by Gasteiger charge is 2.59. The molecule has 3 nitrogen and oxygen atoms in total. The molecular formula is C30H27NO2PS+. The average molecular weight is 497 g/mol. The number of rotatable bonds is 8. The van der Waals surface area contributed by atoms with Crippen molar-refractivity contribution in [1.82, 2.24) is 0 Å². The Balaban J connectivity index is 1.68. The molecule has 2 heterocycles. The van der Waals surface area contributed by atoms with Gasteiger partial charge >= 0.3 is 0 Å². The van der Waals surface area contributed by atoms with Crippen molar-refractivity contribution in [2.45, 2.75) is 18.5 Å². The first-order valence-electron chi connectivity index (χ1n) is 11.8. The van der Waals surface area contributed by atoms with Crippen LogP contribution in [0.1, 0.15) is 23.2 Å². The molecule has 1 aromatic heterocycles. The van der Waals surface area contributed by atoms with Gasteiger partial charge in [-0.3, -0.25) is 14.5 Å². The minimum Gasteiger partial charge on any atom is -0.300 e. The predicted molar refractivity (Wildman–Crippen MR) is 149 cm³/mol. The Morgan fingerprint density at radius 3 is 1.89 bits per heavy atom. The van der Waals surface area contributed by atoms with Crippen molar-refractivity contribution in [2.75, 3.05) is 11.4 Å². The maximum atomic E-state index is 14.3. The quantitative estimate of drug-likeness (QED) is 0.181. The predicted octanol–water partition coefficient (Wildman–Crippen LogP) is 5.61. The molecule has 0 saturated carbocycles. The summed E-state index contributed by atoms with van der Waals surface area (Å²) in [7, 11) is -2.34. The molecule has 3 aromatic carbocycles. The first kappa shape index (κ1) is 23.4. The zero-order valence-corrected chi connectivity index (χ0v) is 21.1. The second-order valence-electron chi connectivity index (χ2n) is 8.58. The maximum Gasteiger partial charge on any atom is 0.269 e. The van der Waals surface area contributed by atoms with Gasteiger partial charge in [0.1, 0.15) is 28.2 Å². The summed E-state index contributed by atoms with van der Waals surface area (Å²) in [5.74, 6) is 0.104. The molecule has 5 heteroatoms. The van der Waals surface area contributed by atoms with Gasteiger partial charge in [0.25, 0.3) is 5.91 Å². The van der Waals surface area contributed by atoms with Gasteiger partial charge in [-0.15, -0.1) is 17.9 Å². The van der Waals surface area contributed by atoms with Crippen LogP contribution in [0.5, 0.6) is 0 Å². The van der Waals surface area contributed by atoms with Crippen molar-refractivity contribution < 1.29 is 9.59 Å². The van der Waals surface area contributed by atoms with Gasteiger partial charge in [-0.1, -0.05) is 60.7 Å². The van der Waals surface area contributed by atoms with E-state index in [4.69, 9.17) is 0 Å². The molecule has 1 aliphatic rings. The third-order valence-corrected chi connectivity index (χ3v) is 12.3. The van der Waals surface area contributed by atoms with Gasteiger partial charge in [0.15, 0.2) is 11.4 Å². The molecule has 1 fully saturated rings. The SMILES string of the molecule is C=CCC(=O)c1ccsc1N1CC[C@@H]([P+](c2ccccc2)(c2ccccc2)c2ccccc2)C1=O. The zero-order chi connectivity index (χ0) is 24.3. The first-order chi connectivity index (χ1) is 17.2. The fourth-order valence-electron chi connectivity index (χ4n) is 5.17. The highest BCUT2D eigenvalue weighted by molar-refractivity contribution is 7.97. The number of hydrogen-bond acceptors (Lipinski definition) is 3. The molecule has 174 valence electrons. The van der Waals surface area contributed by atoms with Gasteiger partial charge < -0.3 is 0 Å². The lowest BCUT2D eigenvalue weighted by molar-refractivity contribution is -0.116. The van der Waals surface area contributed by atoms with Crippen LogP contribution in [0.15, 0.2) is 115 Å². The van der Waals surface area contributed by atoms with E-state index in [-0.39, 0.29) is 23.8 Å². The van der Waals surface area contributed by atoms with Gasteiger partial charge in [0, 0.05) is 19.4 Å². The minimum atomic E-state index is -2.34. The van der Waals surface area contributed by atoms with E-state index in [1.54, 1.807) is 6.08 Å². The normalized spacial score (nSPS) is 15.8. The van der Waals surface area contributed by atoms with Crippen LogP contribution in [-0.4, -0.2) is 23.9 Å².